The monoisotopic (exact) mass is 408 g/mol. The van der Waals surface area contributed by atoms with Crippen molar-refractivity contribution in [3.8, 4) is 11.5 Å². The lowest BCUT2D eigenvalue weighted by Crippen LogP contribution is -2.19. The molecule has 1 aliphatic heterocycles. The second-order valence-corrected chi connectivity index (χ2v) is 7.06. The molecule has 2 aromatic rings. The Morgan fingerprint density at radius 2 is 1.92 bits per heavy atom. The highest BCUT2D eigenvalue weighted by Gasteiger charge is 2.24. The van der Waals surface area contributed by atoms with Crippen LogP contribution in [0.4, 0.5) is 5.69 Å². The fourth-order valence-corrected chi connectivity index (χ4v) is 3.52. The molecule has 0 unspecified atom stereocenters. The van der Waals surface area contributed by atoms with Crippen molar-refractivity contribution in [2.75, 3.05) is 14.2 Å². The lowest BCUT2D eigenvalue weighted by Gasteiger charge is -2.07. The average Bonchev–Trinajstić information content (AvgIpc) is 2.97. The number of carbonyl (C=O) groups is 1. The lowest BCUT2D eigenvalue weighted by molar-refractivity contribution is -0.115. The van der Waals surface area contributed by atoms with Crippen molar-refractivity contribution in [3.63, 3.8) is 0 Å². The number of halogens is 2. The summed E-state index contributed by atoms with van der Waals surface area (Å²) in [5.41, 5.74) is 1.29. The van der Waals surface area contributed by atoms with Gasteiger partial charge in [0, 0.05) is 16.7 Å². The normalized spacial score (nSPS) is 16.8. The van der Waals surface area contributed by atoms with Crippen molar-refractivity contribution in [1.29, 1.82) is 0 Å². The van der Waals surface area contributed by atoms with Crippen molar-refractivity contribution < 1.29 is 14.3 Å². The zero-order chi connectivity index (χ0) is 18.7. The highest BCUT2D eigenvalue weighted by molar-refractivity contribution is 8.18. The van der Waals surface area contributed by atoms with Crippen molar-refractivity contribution in [1.82, 2.24) is 5.32 Å². The average molecular weight is 409 g/mol. The number of carbonyl (C=O) groups excluding carboxylic acids is 1. The van der Waals surface area contributed by atoms with Crippen LogP contribution in [0.3, 0.4) is 0 Å². The molecule has 0 bridgehead atoms. The van der Waals surface area contributed by atoms with Gasteiger partial charge >= 0.3 is 0 Å². The summed E-state index contributed by atoms with van der Waals surface area (Å²) in [6, 6.07) is 10.4. The van der Waals surface area contributed by atoms with Crippen LogP contribution in [0.15, 0.2) is 46.3 Å². The largest absolute Gasteiger partial charge is 0.497 e. The van der Waals surface area contributed by atoms with E-state index in [2.05, 4.69) is 10.3 Å². The van der Waals surface area contributed by atoms with Crippen LogP contribution in [-0.2, 0) is 4.79 Å². The Morgan fingerprint density at radius 3 is 2.62 bits per heavy atom. The number of amidine groups is 1. The topological polar surface area (TPSA) is 59.9 Å². The minimum atomic E-state index is -0.239. The van der Waals surface area contributed by atoms with E-state index < -0.39 is 0 Å². The number of aliphatic imine (C=N–C) groups is 1. The molecule has 0 saturated carbocycles. The zero-order valence-electron chi connectivity index (χ0n) is 13.9. The van der Waals surface area contributed by atoms with E-state index >= 15 is 0 Å². The van der Waals surface area contributed by atoms with Crippen molar-refractivity contribution in [2.24, 2.45) is 4.99 Å². The van der Waals surface area contributed by atoms with Crippen LogP contribution in [0.2, 0.25) is 10.0 Å². The van der Waals surface area contributed by atoms with Gasteiger partial charge in [0.2, 0.25) is 0 Å². The quantitative estimate of drug-likeness (QED) is 0.730. The molecule has 5 nitrogen and oxygen atoms in total. The maximum absolute atomic E-state index is 12.2. The molecule has 1 saturated heterocycles. The number of hydrogen-bond acceptors (Lipinski definition) is 5. The predicted molar refractivity (Wildman–Crippen MR) is 107 cm³/mol. The van der Waals surface area contributed by atoms with E-state index in [4.69, 9.17) is 32.7 Å². The summed E-state index contributed by atoms with van der Waals surface area (Å²) in [7, 11) is 3.14. The first kappa shape index (κ1) is 18.6. The van der Waals surface area contributed by atoms with Crippen LogP contribution in [0.25, 0.3) is 6.08 Å². The maximum atomic E-state index is 12.2. The summed E-state index contributed by atoms with van der Waals surface area (Å²) >= 11 is 13.2. The SMILES string of the molecule is COc1ccc(/C=C2\SC(=Nc3ccc(Cl)cc3Cl)NC2=O)c(OC)c1. The number of benzene rings is 2. The minimum Gasteiger partial charge on any atom is -0.497 e. The fraction of sp³-hybridized carbons (Fsp3) is 0.111. The number of thioether (sulfide) groups is 1. The molecule has 0 atom stereocenters. The summed E-state index contributed by atoms with van der Waals surface area (Å²) in [6.45, 7) is 0. The van der Waals surface area contributed by atoms with E-state index in [1.165, 1.54) is 11.8 Å². The third-order valence-electron chi connectivity index (χ3n) is 3.51. The molecule has 26 heavy (non-hydrogen) atoms. The van der Waals surface area contributed by atoms with Gasteiger partial charge in [-0.2, -0.15) is 0 Å². The molecule has 1 heterocycles. The second kappa shape index (κ2) is 8.03. The van der Waals surface area contributed by atoms with E-state index in [1.807, 2.05) is 6.07 Å². The molecule has 0 spiro atoms. The van der Waals surface area contributed by atoms with Gasteiger partial charge in [-0.05, 0) is 48.2 Å². The lowest BCUT2D eigenvalue weighted by atomic mass is 10.1. The molecule has 2 aromatic carbocycles. The van der Waals surface area contributed by atoms with Crippen molar-refractivity contribution >= 4 is 57.8 Å². The van der Waals surface area contributed by atoms with Gasteiger partial charge in [0.25, 0.3) is 5.91 Å². The van der Waals surface area contributed by atoms with Crippen LogP contribution in [0, 0.1) is 0 Å². The molecular weight excluding hydrogens is 395 g/mol. The Hall–Kier alpha value is -2.15. The number of hydrogen-bond donors (Lipinski definition) is 1. The number of nitrogens with zero attached hydrogens (tertiary/aromatic N) is 1. The Labute approximate surface area is 165 Å². The van der Waals surface area contributed by atoms with Crippen LogP contribution in [0.5, 0.6) is 11.5 Å². The zero-order valence-corrected chi connectivity index (χ0v) is 16.2. The van der Waals surface area contributed by atoms with Crippen LogP contribution in [0.1, 0.15) is 5.56 Å². The predicted octanol–water partition coefficient (Wildman–Crippen LogP) is 4.90. The number of nitrogens with one attached hydrogen (secondary N) is 1. The molecule has 1 N–H and O–H groups in total. The molecule has 134 valence electrons. The Bertz CT molecular complexity index is 929. The highest BCUT2D eigenvalue weighted by atomic mass is 35.5. The maximum Gasteiger partial charge on any atom is 0.264 e. The van der Waals surface area contributed by atoms with E-state index in [1.54, 1.807) is 50.6 Å². The van der Waals surface area contributed by atoms with Gasteiger partial charge in [0.05, 0.1) is 29.8 Å². The summed E-state index contributed by atoms with van der Waals surface area (Å²) in [6.07, 6.45) is 1.74. The van der Waals surface area contributed by atoms with E-state index in [0.29, 0.717) is 37.3 Å². The van der Waals surface area contributed by atoms with Gasteiger partial charge in [0.15, 0.2) is 5.17 Å². The summed E-state index contributed by atoms with van der Waals surface area (Å²) in [4.78, 5) is 17.1. The Balaban J connectivity index is 1.88. The standard InChI is InChI=1S/C18H14Cl2N2O3S/c1-24-12-5-3-10(15(9-12)25-2)7-16-17(23)22-18(26-16)21-14-6-4-11(19)8-13(14)20/h3-9H,1-2H3,(H,21,22,23)/b16-7-. The highest BCUT2D eigenvalue weighted by Crippen LogP contribution is 2.34. The number of methoxy groups -OCH3 is 2. The molecule has 1 amide bonds. The fourth-order valence-electron chi connectivity index (χ4n) is 2.24. The van der Waals surface area contributed by atoms with Crippen molar-refractivity contribution in [3.05, 3.63) is 56.9 Å². The first-order valence-corrected chi connectivity index (χ1v) is 9.04. The Kier molecular flexibility index (Phi) is 5.76. The summed E-state index contributed by atoms with van der Waals surface area (Å²) in [5, 5.41) is 4.10. The summed E-state index contributed by atoms with van der Waals surface area (Å²) < 4.78 is 10.5. The van der Waals surface area contributed by atoms with Gasteiger partial charge in [-0.1, -0.05) is 23.2 Å². The Morgan fingerprint density at radius 1 is 1.12 bits per heavy atom. The molecule has 1 fully saturated rings. The van der Waals surface area contributed by atoms with Gasteiger partial charge in [-0.25, -0.2) is 4.99 Å². The molecule has 1 aliphatic rings. The first-order chi connectivity index (χ1) is 12.5. The minimum absolute atomic E-state index is 0.239. The smallest absolute Gasteiger partial charge is 0.264 e. The number of ether oxygens (including phenoxy) is 2. The van der Waals surface area contributed by atoms with Gasteiger partial charge in [0.1, 0.15) is 11.5 Å². The molecule has 3 rings (SSSR count). The third kappa shape index (κ3) is 4.15. The summed E-state index contributed by atoms with van der Waals surface area (Å²) in [5.74, 6) is 1.04. The number of rotatable bonds is 4. The van der Waals surface area contributed by atoms with E-state index in [9.17, 15) is 4.79 Å². The van der Waals surface area contributed by atoms with Crippen LogP contribution in [-0.4, -0.2) is 25.3 Å². The van der Waals surface area contributed by atoms with E-state index in [-0.39, 0.29) is 5.91 Å². The van der Waals surface area contributed by atoms with Crippen LogP contribution < -0.4 is 14.8 Å². The molecular formula is C18H14Cl2N2O3S. The van der Waals surface area contributed by atoms with E-state index in [0.717, 1.165) is 5.56 Å². The van der Waals surface area contributed by atoms with Gasteiger partial charge in [-0.15, -0.1) is 0 Å². The third-order valence-corrected chi connectivity index (χ3v) is 4.96. The number of amides is 1. The molecule has 8 heteroatoms. The molecule has 0 aliphatic carbocycles. The second-order valence-electron chi connectivity index (χ2n) is 5.19. The van der Waals surface area contributed by atoms with Gasteiger partial charge < -0.3 is 14.8 Å². The van der Waals surface area contributed by atoms with Crippen LogP contribution >= 0.6 is 35.0 Å². The molecule has 0 radical (unpaired) electrons. The van der Waals surface area contributed by atoms with Crippen molar-refractivity contribution in [2.45, 2.75) is 0 Å². The first-order valence-electron chi connectivity index (χ1n) is 7.47. The van der Waals surface area contributed by atoms with Gasteiger partial charge in [-0.3, -0.25) is 4.79 Å². The molecule has 0 aromatic heterocycles.